The van der Waals surface area contributed by atoms with Crippen molar-refractivity contribution in [3.8, 4) is 0 Å². The van der Waals surface area contributed by atoms with E-state index in [9.17, 15) is 13.5 Å². The Morgan fingerprint density at radius 2 is 1.59 bits per heavy atom. The van der Waals surface area contributed by atoms with Crippen LogP contribution in [0.15, 0.2) is 16.3 Å². The Balaban J connectivity index is 2.76. The molecule has 2 aliphatic heterocycles. The molecule has 0 radical (unpaired) electrons. The summed E-state index contributed by atoms with van der Waals surface area (Å²) in [6, 6.07) is -0.0187. The summed E-state index contributed by atoms with van der Waals surface area (Å²) in [5.41, 5.74) is 1.72. The Kier molecular flexibility index (Phi) is 5.67. The third-order valence-electron chi connectivity index (χ3n) is 5.08. The highest BCUT2D eigenvalue weighted by atomic mass is 32.2. The minimum Gasteiger partial charge on any atom is -0.395 e. The Hall–Kier alpha value is -0.920. The third kappa shape index (κ3) is 4.40. The summed E-state index contributed by atoms with van der Waals surface area (Å²) < 4.78 is 27.1. The molecule has 1 atom stereocenters. The van der Waals surface area contributed by atoms with Gasteiger partial charge in [-0.1, -0.05) is 62.3 Å². The summed E-state index contributed by atoms with van der Waals surface area (Å²) in [5, 5.41) is 9.38. The lowest BCUT2D eigenvalue weighted by Gasteiger charge is -2.50. The third-order valence-corrected chi connectivity index (χ3v) is 6.76. The van der Waals surface area contributed by atoms with Crippen LogP contribution in [0.3, 0.4) is 0 Å². The average molecular weight is 400 g/mol. The fourth-order valence-corrected chi connectivity index (χ4v) is 5.35. The predicted molar refractivity (Wildman–Crippen MR) is 111 cm³/mol. The fourth-order valence-electron chi connectivity index (χ4n) is 3.91. The molecule has 0 aliphatic carbocycles. The van der Waals surface area contributed by atoms with Crippen LogP contribution in [-0.2, 0) is 10.0 Å². The Labute approximate surface area is 165 Å². The monoisotopic (exact) mass is 399 g/mol. The minimum atomic E-state index is -3.49. The lowest BCUT2D eigenvalue weighted by molar-refractivity contribution is 0.233. The van der Waals surface area contributed by atoms with E-state index in [0.29, 0.717) is 0 Å². The average Bonchev–Trinajstić information content (AvgIpc) is 2.42. The van der Waals surface area contributed by atoms with E-state index in [4.69, 9.17) is 4.99 Å². The number of sulfonamides is 1. The fraction of sp³-hybridized carbons (Fsp3) is 0.850. The molecule has 2 heterocycles. The molecule has 2 rings (SSSR count). The topological polar surface area (TPSA) is 73.2 Å². The molecule has 0 bridgehead atoms. The van der Waals surface area contributed by atoms with Gasteiger partial charge in [0.1, 0.15) is 11.7 Å². The van der Waals surface area contributed by atoms with Crippen LogP contribution in [0.4, 0.5) is 0 Å². The molecular formula is C20H37N3O3S. The van der Waals surface area contributed by atoms with Crippen molar-refractivity contribution in [2.24, 2.45) is 21.2 Å². The van der Waals surface area contributed by atoms with E-state index in [0.717, 1.165) is 11.5 Å². The Morgan fingerprint density at radius 1 is 1.04 bits per heavy atom. The number of nitrogens with zero attached hydrogens (tertiary/aromatic N) is 3. The van der Waals surface area contributed by atoms with E-state index in [1.807, 2.05) is 4.90 Å². The standard InChI is InChI=1S/C20H37N3O3S/c1-18(2,3)15-14-12-22(10-11-24)27(25,26)13-23(14)17(20(7,8)9)21-16(15)19(4,5)6/h16,24H,10-13H2,1-9H3. The van der Waals surface area contributed by atoms with Gasteiger partial charge in [0.15, 0.2) is 0 Å². The molecule has 0 amide bonds. The van der Waals surface area contributed by atoms with E-state index in [1.165, 1.54) is 9.88 Å². The second-order valence-electron chi connectivity index (χ2n) is 10.8. The van der Waals surface area contributed by atoms with Gasteiger partial charge in [-0.15, -0.1) is 0 Å². The summed E-state index contributed by atoms with van der Waals surface area (Å²) in [6.45, 7) is 19.6. The number of fused-ring (bicyclic) bond motifs is 1. The smallest absolute Gasteiger partial charge is 0.233 e. The van der Waals surface area contributed by atoms with Crippen molar-refractivity contribution in [3.05, 3.63) is 11.3 Å². The lowest BCUT2D eigenvalue weighted by atomic mass is 9.70. The highest BCUT2D eigenvalue weighted by Gasteiger charge is 2.47. The first kappa shape index (κ1) is 22.4. The number of aliphatic hydroxyl groups excluding tert-OH is 1. The van der Waals surface area contributed by atoms with Crippen LogP contribution in [0.25, 0.3) is 0 Å². The van der Waals surface area contributed by atoms with Crippen LogP contribution in [0, 0.1) is 16.2 Å². The van der Waals surface area contributed by atoms with Crippen molar-refractivity contribution in [2.75, 3.05) is 25.6 Å². The summed E-state index contributed by atoms with van der Waals surface area (Å²) in [5.74, 6) is 0.715. The van der Waals surface area contributed by atoms with Gasteiger partial charge in [-0.05, 0) is 16.4 Å². The van der Waals surface area contributed by atoms with E-state index < -0.39 is 10.0 Å². The van der Waals surface area contributed by atoms with E-state index in [1.54, 1.807) is 0 Å². The predicted octanol–water partition coefficient (Wildman–Crippen LogP) is 3.06. The molecule has 0 aromatic heterocycles. The zero-order valence-electron chi connectivity index (χ0n) is 18.4. The van der Waals surface area contributed by atoms with Gasteiger partial charge in [0.2, 0.25) is 10.0 Å². The molecule has 0 saturated carbocycles. The van der Waals surface area contributed by atoms with Crippen molar-refractivity contribution in [1.29, 1.82) is 0 Å². The molecule has 0 aromatic rings. The number of rotatable bonds is 2. The normalized spacial score (nSPS) is 24.7. The number of aliphatic hydroxyl groups is 1. The van der Waals surface area contributed by atoms with Crippen LogP contribution < -0.4 is 0 Å². The van der Waals surface area contributed by atoms with Gasteiger partial charge in [-0.25, -0.2) is 8.42 Å². The second kappa shape index (κ2) is 6.85. The van der Waals surface area contributed by atoms with Gasteiger partial charge in [-0.2, -0.15) is 4.31 Å². The molecule has 1 saturated heterocycles. The molecule has 1 unspecified atom stereocenters. The minimum absolute atomic E-state index is 0.0187. The molecule has 2 aliphatic rings. The second-order valence-corrected chi connectivity index (χ2v) is 12.7. The molecule has 1 fully saturated rings. The van der Waals surface area contributed by atoms with Crippen molar-refractivity contribution >= 4 is 15.9 Å². The molecular weight excluding hydrogens is 362 g/mol. The van der Waals surface area contributed by atoms with Crippen LogP contribution in [-0.4, -0.2) is 60.2 Å². The Morgan fingerprint density at radius 3 is 2.00 bits per heavy atom. The molecule has 0 spiro atoms. The molecule has 7 heteroatoms. The Bertz CT molecular complexity index is 747. The number of hydrogen-bond acceptors (Lipinski definition) is 5. The highest BCUT2D eigenvalue weighted by molar-refractivity contribution is 7.89. The quantitative estimate of drug-likeness (QED) is 0.774. The van der Waals surface area contributed by atoms with Gasteiger partial charge in [0, 0.05) is 17.7 Å². The summed E-state index contributed by atoms with van der Waals surface area (Å²) in [6.07, 6.45) is 0. The first-order valence-electron chi connectivity index (χ1n) is 9.68. The molecule has 1 N–H and O–H groups in total. The largest absolute Gasteiger partial charge is 0.395 e. The first-order valence-corrected chi connectivity index (χ1v) is 11.3. The van der Waals surface area contributed by atoms with Crippen LogP contribution in [0.2, 0.25) is 0 Å². The number of β-amino-alcohol motifs (C(OH)–C–C–N with tert-alkyl or cyclic N) is 1. The van der Waals surface area contributed by atoms with Crippen molar-refractivity contribution in [1.82, 2.24) is 9.21 Å². The molecule has 6 nitrogen and oxygen atoms in total. The first-order chi connectivity index (χ1) is 12.0. The maximum absolute atomic E-state index is 12.8. The van der Waals surface area contributed by atoms with Crippen molar-refractivity contribution in [3.63, 3.8) is 0 Å². The van der Waals surface area contributed by atoms with Gasteiger partial charge < -0.3 is 10.0 Å². The maximum Gasteiger partial charge on any atom is 0.233 e. The number of hydrogen-bond donors (Lipinski definition) is 1. The highest BCUT2D eigenvalue weighted by Crippen LogP contribution is 2.46. The lowest BCUT2D eigenvalue weighted by Crippen LogP contribution is -2.57. The zero-order valence-corrected chi connectivity index (χ0v) is 19.2. The SMILES string of the molecule is CC(C)(C)C1=NC(C(C)(C)C)C(C(C)(C)C)=C2CN(CCO)S(=O)(=O)CN12. The molecule has 156 valence electrons. The van der Waals surface area contributed by atoms with Crippen LogP contribution in [0.5, 0.6) is 0 Å². The summed E-state index contributed by atoms with van der Waals surface area (Å²) >= 11 is 0. The van der Waals surface area contributed by atoms with Crippen molar-refractivity contribution in [2.45, 2.75) is 68.4 Å². The molecule has 27 heavy (non-hydrogen) atoms. The van der Waals surface area contributed by atoms with E-state index in [-0.39, 0.29) is 47.9 Å². The summed E-state index contributed by atoms with van der Waals surface area (Å²) in [4.78, 5) is 7.07. The van der Waals surface area contributed by atoms with Gasteiger partial charge in [0.25, 0.3) is 0 Å². The van der Waals surface area contributed by atoms with E-state index in [2.05, 4.69) is 62.3 Å². The van der Waals surface area contributed by atoms with Crippen LogP contribution in [0.1, 0.15) is 62.3 Å². The van der Waals surface area contributed by atoms with Crippen molar-refractivity contribution < 1.29 is 13.5 Å². The maximum atomic E-state index is 12.8. The van der Waals surface area contributed by atoms with Crippen LogP contribution >= 0.6 is 0 Å². The zero-order chi connectivity index (χ0) is 21.0. The molecule has 0 aromatic carbocycles. The summed E-state index contributed by atoms with van der Waals surface area (Å²) in [7, 11) is -3.49. The van der Waals surface area contributed by atoms with Gasteiger partial charge in [0.05, 0.1) is 19.2 Å². The number of aliphatic imine (C=N–C) groups is 1. The van der Waals surface area contributed by atoms with Gasteiger partial charge in [-0.3, -0.25) is 4.99 Å². The number of amidine groups is 1. The van der Waals surface area contributed by atoms with E-state index >= 15 is 0 Å². The van der Waals surface area contributed by atoms with Gasteiger partial charge >= 0.3 is 0 Å².